The highest BCUT2D eigenvalue weighted by molar-refractivity contribution is 5.52. The van der Waals surface area contributed by atoms with E-state index in [4.69, 9.17) is 19.4 Å². The van der Waals surface area contributed by atoms with Gasteiger partial charge in [0.15, 0.2) is 23.1 Å². The van der Waals surface area contributed by atoms with Crippen molar-refractivity contribution >= 4 is 0 Å². The first-order valence-corrected chi connectivity index (χ1v) is 4.53. The van der Waals surface area contributed by atoms with Crippen LogP contribution in [0.25, 0.3) is 0 Å². The Labute approximate surface area is 92.7 Å². The van der Waals surface area contributed by atoms with Crippen LogP contribution in [-0.2, 0) is 6.54 Å². The van der Waals surface area contributed by atoms with Crippen LogP contribution in [0.3, 0.4) is 0 Å². The first-order chi connectivity index (χ1) is 7.69. The third-order valence-electron chi connectivity index (χ3n) is 2.14. The summed E-state index contributed by atoms with van der Waals surface area (Å²) >= 11 is 0. The van der Waals surface area contributed by atoms with E-state index >= 15 is 0 Å². The highest BCUT2D eigenvalue weighted by atomic mass is 19.1. The Bertz CT molecular complexity index is 370. The lowest BCUT2D eigenvalue weighted by atomic mass is 10.1. The standard InChI is InChI=1S/C10H14FNO4/c1-14-7-4-8(15-2)10(16-3)6(5-12-13)9(7)11/h4,12-13H,5H2,1-3H3. The lowest BCUT2D eigenvalue weighted by molar-refractivity contribution is 0.158. The number of rotatable bonds is 5. The summed E-state index contributed by atoms with van der Waals surface area (Å²) < 4.78 is 28.7. The average molecular weight is 231 g/mol. The molecule has 0 saturated heterocycles. The number of ether oxygens (including phenoxy) is 3. The molecule has 0 saturated carbocycles. The minimum Gasteiger partial charge on any atom is -0.494 e. The quantitative estimate of drug-likeness (QED) is 0.749. The number of hydrogen-bond acceptors (Lipinski definition) is 5. The smallest absolute Gasteiger partial charge is 0.173 e. The van der Waals surface area contributed by atoms with E-state index in [1.165, 1.54) is 27.4 Å². The third kappa shape index (κ3) is 2.17. The van der Waals surface area contributed by atoms with Gasteiger partial charge in [0.05, 0.1) is 33.4 Å². The molecule has 0 aliphatic carbocycles. The molecule has 1 aromatic rings. The summed E-state index contributed by atoms with van der Waals surface area (Å²) in [5.41, 5.74) is 2.01. The van der Waals surface area contributed by atoms with Crippen LogP contribution in [0, 0.1) is 5.82 Å². The van der Waals surface area contributed by atoms with Crippen LogP contribution in [0.4, 0.5) is 4.39 Å². The highest BCUT2D eigenvalue weighted by Gasteiger charge is 2.19. The molecule has 0 fully saturated rings. The van der Waals surface area contributed by atoms with Crippen molar-refractivity contribution in [3.8, 4) is 17.2 Å². The van der Waals surface area contributed by atoms with E-state index in [0.717, 1.165) is 0 Å². The average Bonchev–Trinajstić information content (AvgIpc) is 2.31. The zero-order valence-corrected chi connectivity index (χ0v) is 9.33. The van der Waals surface area contributed by atoms with Gasteiger partial charge < -0.3 is 19.4 Å². The number of hydroxylamine groups is 1. The van der Waals surface area contributed by atoms with Crippen molar-refractivity contribution in [3.05, 3.63) is 17.4 Å². The second-order valence-electron chi connectivity index (χ2n) is 2.94. The number of benzene rings is 1. The van der Waals surface area contributed by atoms with Gasteiger partial charge in [-0.1, -0.05) is 0 Å². The molecule has 16 heavy (non-hydrogen) atoms. The van der Waals surface area contributed by atoms with Crippen LogP contribution >= 0.6 is 0 Å². The molecular weight excluding hydrogens is 217 g/mol. The van der Waals surface area contributed by atoms with Gasteiger partial charge in [-0.2, -0.15) is 0 Å². The van der Waals surface area contributed by atoms with E-state index in [2.05, 4.69) is 0 Å². The second kappa shape index (κ2) is 5.53. The summed E-state index contributed by atoms with van der Waals surface area (Å²) in [4.78, 5) is 0. The van der Waals surface area contributed by atoms with Gasteiger partial charge in [0.1, 0.15) is 0 Å². The molecule has 0 unspecified atom stereocenters. The van der Waals surface area contributed by atoms with Crippen molar-refractivity contribution in [1.82, 2.24) is 5.48 Å². The van der Waals surface area contributed by atoms with E-state index in [1.807, 2.05) is 5.48 Å². The monoisotopic (exact) mass is 231 g/mol. The van der Waals surface area contributed by atoms with Gasteiger partial charge in [-0.05, 0) is 0 Å². The first-order valence-electron chi connectivity index (χ1n) is 4.53. The van der Waals surface area contributed by atoms with Crippen molar-refractivity contribution in [1.29, 1.82) is 0 Å². The molecular formula is C10H14FNO4. The molecule has 0 atom stereocenters. The minimum atomic E-state index is -0.596. The number of nitrogens with one attached hydrogen (secondary N) is 1. The maximum Gasteiger partial charge on any atom is 0.173 e. The fraction of sp³-hybridized carbons (Fsp3) is 0.400. The maximum absolute atomic E-state index is 13.8. The van der Waals surface area contributed by atoms with Crippen LogP contribution in [0.2, 0.25) is 0 Å². The summed E-state index contributed by atoms with van der Waals surface area (Å²) in [7, 11) is 4.18. The molecule has 0 aromatic heterocycles. The van der Waals surface area contributed by atoms with Crippen LogP contribution < -0.4 is 19.7 Å². The molecule has 90 valence electrons. The molecule has 0 radical (unpaired) electrons. The number of halogens is 1. The predicted molar refractivity (Wildman–Crippen MR) is 54.7 cm³/mol. The molecule has 0 bridgehead atoms. The van der Waals surface area contributed by atoms with Gasteiger partial charge in [0.2, 0.25) is 0 Å². The predicted octanol–water partition coefficient (Wildman–Crippen LogP) is 1.33. The van der Waals surface area contributed by atoms with E-state index in [-0.39, 0.29) is 23.6 Å². The molecule has 2 N–H and O–H groups in total. The lowest BCUT2D eigenvalue weighted by Gasteiger charge is -2.15. The van der Waals surface area contributed by atoms with Crippen molar-refractivity contribution in [2.75, 3.05) is 21.3 Å². The Balaban J connectivity index is 3.38. The topological polar surface area (TPSA) is 60.0 Å². The Morgan fingerprint density at radius 3 is 2.25 bits per heavy atom. The van der Waals surface area contributed by atoms with Crippen LogP contribution in [0.15, 0.2) is 6.07 Å². The molecule has 0 spiro atoms. The van der Waals surface area contributed by atoms with Gasteiger partial charge >= 0.3 is 0 Å². The number of methoxy groups -OCH3 is 3. The zero-order chi connectivity index (χ0) is 12.1. The number of hydrogen-bond donors (Lipinski definition) is 2. The normalized spacial score (nSPS) is 10.1. The summed E-state index contributed by atoms with van der Waals surface area (Å²) in [5.74, 6) is -0.00190. The molecule has 0 aliphatic rings. The maximum atomic E-state index is 13.8. The van der Waals surface area contributed by atoms with Gasteiger partial charge in [-0.25, -0.2) is 9.87 Å². The van der Waals surface area contributed by atoms with Crippen LogP contribution in [0.5, 0.6) is 17.2 Å². The molecule has 6 heteroatoms. The lowest BCUT2D eigenvalue weighted by Crippen LogP contribution is -2.11. The van der Waals surface area contributed by atoms with Crippen LogP contribution in [-0.4, -0.2) is 26.5 Å². The van der Waals surface area contributed by atoms with Crippen molar-refractivity contribution in [3.63, 3.8) is 0 Å². The third-order valence-corrected chi connectivity index (χ3v) is 2.14. The van der Waals surface area contributed by atoms with Gasteiger partial charge in [-0.3, -0.25) is 0 Å². The fourth-order valence-electron chi connectivity index (χ4n) is 1.41. The fourth-order valence-corrected chi connectivity index (χ4v) is 1.41. The summed E-state index contributed by atoms with van der Waals surface area (Å²) in [5, 5.41) is 8.64. The van der Waals surface area contributed by atoms with Gasteiger partial charge in [0, 0.05) is 6.07 Å². The van der Waals surface area contributed by atoms with Gasteiger partial charge in [0.25, 0.3) is 0 Å². The van der Waals surface area contributed by atoms with Crippen molar-refractivity contribution in [2.45, 2.75) is 6.54 Å². The Kier molecular flexibility index (Phi) is 4.33. The summed E-state index contributed by atoms with van der Waals surface area (Å²) in [6, 6.07) is 1.38. The Hall–Kier alpha value is -1.53. The molecule has 5 nitrogen and oxygen atoms in total. The molecule has 1 rings (SSSR count). The van der Waals surface area contributed by atoms with Crippen LogP contribution in [0.1, 0.15) is 5.56 Å². The molecule has 0 amide bonds. The van der Waals surface area contributed by atoms with E-state index < -0.39 is 5.82 Å². The van der Waals surface area contributed by atoms with E-state index in [0.29, 0.717) is 5.75 Å². The summed E-state index contributed by atoms with van der Waals surface area (Å²) in [6.07, 6.45) is 0. The van der Waals surface area contributed by atoms with E-state index in [1.54, 1.807) is 0 Å². The summed E-state index contributed by atoms with van der Waals surface area (Å²) in [6.45, 7) is -0.109. The van der Waals surface area contributed by atoms with Crippen molar-refractivity contribution < 1.29 is 23.8 Å². The molecule has 0 heterocycles. The molecule has 1 aromatic carbocycles. The minimum absolute atomic E-state index is 0.0305. The van der Waals surface area contributed by atoms with Gasteiger partial charge in [-0.15, -0.1) is 0 Å². The SMILES string of the molecule is COc1cc(OC)c(OC)c(CNO)c1F. The zero-order valence-electron chi connectivity index (χ0n) is 9.33. The molecule has 0 aliphatic heterocycles. The largest absolute Gasteiger partial charge is 0.494 e. The Morgan fingerprint density at radius 2 is 1.81 bits per heavy atom. The highest BCUT2D eigenvalue weighted by Crippen LogP contribution is 2.38. The first kappa shape index (κ1) is 12.5. The Morgan fingerprint density at radius 1 is 1.19 bits per heavy atom. The van der Waals surface area contributed by atoms with Crippen molar-refractivity contribution in [2.24, 2.45) is 0 Å². The van der Waals surface area contributed by atoms with E-state index in [9.17, 15) is 4.39 Å². The second-order valence-corrected chi connectivity index (χ2v) is 2.94.